The van der Waals surface area contributed by atoms with Gasteiger partial charge in [-0.1, -0.05) is 6.07 Å². The van der Waals surface area contributed by atoms with Gasteiger partial charge in [-0.3, -0.25) is 9.36 Å². The second-order valence-electron chi connectivity index (χ2n) is 5.57. The monoisotopic (exact) mass is 333 g/mol. The normalized spacial score (nSPS) is 13.4. The van der Waals surface area contributed by atoms with Gasteiger partial charge in [0.2, 0.25) is 11.7 Å². The summed E-state index contributed by atoms with van der Waals surface area (Å²) in [5.74, 6) is -0.879. The minimum Gasteiger partial charge on any atom is -0.358 e. The summed E-state index contributed by atoms with van der Waals surface area (Å²) in [6.45, 7) is 2.69. The highest BCUT2D eigenvalue weighted by atomic mass is 19.1. The van der Waals surface area contributed by atoms with Gasteiger partial charge in [0.25, 0.3) is 0 Å². The molecule has 0 atom stereocenters. The number of aromatic nitrogens is 2. The first kappa shape index (κ1) is 16.1. The number of imidazole rings is 1. The van der Waals surface area contributed by atoms with E-state index in [1.807, 2.05) is 0 Å². The van der Waals surface area contributed by atoms with E-state index in [9.17, 15) is 19.3 Å². The maximum Gasteiger partial charge on any atom is 0.381 e. The number of carbonyl (C=O) groups is 1. The van der Waals surface area contributed by atoms with Gasteiger partial charge in [0.15, 0.2) is 0 Å². The molecule has 2 N–H and O–H groups in total. The van der Waals surface area contributed by atoms with Crippen molar-refractivity contribution in [3.05, 3.63) is 51.2 Å². The second-order valence-corrected chi connectivity index (χ2v) is 5.57. The molecule has 1 amide bonds. The van der Waals surface area contributed by atoms with Crippen molar-refractivity contribution < 1.29 is 14.1 Å². The van der Waals surface area contributed by atoms with E-state index in [2.05, 4.69) is 15.6 Å². The number of anilines is 1. The molecule has 1 aromatic carbocycles. The summed E-state index contributed by atoms with van der Waals surface area (Å²) in [5, 5.41) is 16.4. The number of rotatable bonds is 4. The number of carbonyl (C=O) groups excluding carboxylic acids is 1. The van der Waals surface area contributed by atoms with Gasteiger partial charge in [-0.05, 0) is 40.1 Å². The highest BCUT2D eigenvalue weighted by molar-refractivity contribution is 5.91. The summed E-state index contributed by atoms with van der Waals surface area (Å²) < 4.78 is 15.8. The van der Waals surface area contributed by atoms with E-state index in [1.54, 1.807) is 13.0 Å². The average Bonchev–Trinajstić information content (AvgIpc) is 2.91. The van der Waals surface area contributed by atoms with Crippen LogP contribution in [0.15, 0.2) is 18.3 Å². The molecular formula is C15H16FN5O3. The average molecular weight is 333 g/mol. The number of halogens is 1. The molecule has 126 valence electrons. The molecule has 1 aromatic heterocycles. The molecule has 1 aliphatic heterocycles. The van der Waals surface area contributed by atoms with Gasteiger partial charge in [-0.25, -0.2) is 4.39 Å². The van der Waals surface area contributed by atoms with E-state index in [0.717, 1.165) is 5.56 Å². The number of nitro groups is 1. The lowest BCUT2D eigenvalue weighted by molar-refractivity contribution is -0.389. The van der Waals surface area contributed by atoms with Crippen molar-refractivity contribution in [2.45, 2.75) is 26.4 Å². The molecule has 0 unspecified atom stereocenters. The first-order valence-corrected chi connectivity index (χ1v) is 7.44. The van der Waals surface area contributed by atoms with Crippen LogP contribution in [0.5, 0.6) is 0 Å². The highest BCUT2D eigenvalue weighted by Gasteiger charge is 2.20. The number of hydrogen-bond donors (Lipinski definition) is 2. The Balaban J connectivity index is 1.75. The number of aryl methyl sites for hydroxylation is 1. The topological polar surface area (TPSA) is 102 Å². The lowest BCUT2D eigenvalue weighted by Gasteiger charge is -2.19. The fourth-order valence-corrected chi connectivity index (χ4v) is 2.71. The van der Waals surface area contributed by atoms with Crippen LogP contribution in [-0.4, -0.2) is 26.9 Å². The fourth-order valence-electron chi connectivity index (χ4n) is 2.71. The summed E-state index contributed by atoms with van der Waals surface area (Å²) in [6, 6.07) is 3.32. The van der Waals surface area contributed by atoms with Gasteiger partial charge < -0.3 is 20.7 Å². The molecule has 0 fully saturated rings. The predicted molar refractivity (Wildman–Crippen MR) is 84.1 cm³/mol. The minimum atomic E-state index is -0.626. The Morgan fingerprint density at radius 3 is 3.04 bits per heavy atom. The van der Waals surface area contributed by atoms with E-state index in [4.69, 9.17) is 0 Å². The van der Waals surface area contributed by atoms with Crippen molar-refractivity contribution in [2.24, 2.45) is 0 Å². The standard InChI is InChI=1S/C15H16FN5O3/c1-9-18-13(21(23)24)7-20(9)8-14(22)19-12-3-2-10-6-17-5-4-11(10)15(12)16/h2-3,7,17H,4-6,8H2,1H3,(H,19,22). The Bertz CT molecular complexity index is 818. The zero-order valence-corrected chi connectivity index (χ0v) is 13.0. The lowest BCUT2D eigenvalue weighted by atomic mass is 9.99. The largest absolute Gasteiger partial charge is 0.381 e. The molecule has 0 bridgehead atoms. The van der Waals surface area contributed by atoms with E-state index in [-0.39, 0.29) is 18.1 Å². The van der Waals surface area contributed by atoms with Gasteiger partial charge in [0.05, 0.1) is 5.69 Å². The Morgan fingerprint density at radius 2 is 2.33 bits per heavy atom. The van der Waals surface area contributed by atoms with Crippen LogP contribution >= 0.6 is 0 Å². The third kappa shape index (κ3) is 3.11. The van der Waals surface area contributed by atoms with Crippen LogP contribution in [-0.2, 0) is 24.3 Å². The van der Waals surface area contributed by atoms with Crippen LogP contribution in [0.3, 0.4) is 0 Å². The first-order valence-electron chi connectivity index (χ1n) is 7.44. The number of nitrogens with zero attached hydrogens (tertiary/aromatic N) is 3. The number of hydrogen-bond acceptors (Lipinski definition) is 5. The molecule has 24 heavy (non-hydrogen) atoms. The van der Waals surface area contributed by atoms with Crippen LogP contribution in [0, 0.1) is 22.9 Å². The van der Waals surface area contributed by atoms with Crippen LogP contribution in [0.1, 0.15) is 17.0 Å². The lowest BCUT2D eigenvalue weighted by Crippen LogP contribution is -2.25. The summed E-state index contributed by atoms with van der Waals surface area (Å²) in [5.41, 5.74) is 1.62. The number of benzene rings is 1. The van der Waals surface area contributed by atoms with Crippen molar-refractivity contribution >= 4 is 17.4 Å². The Morgan fingerprint density at radius 1 is 1.54 bits per heavy atom. The molecule has 8 nitrogen and oxygen atoms in total. The molecule has 2 aromatic rings. The molecule has 0 saturated carbocycles. The van der Waals surface area contributed by atoms with Crippen LogP contribution in [0.4, 0.5) is 15.9 Å². The molecule has 2 heterocycles. The second kappa shape index (κ2) is 6.36. The van der Waals surface area contributed by atoms with Crippen molar-refractivity contribution in [2.75, 3.05) is 11.9 Å². The van der Waals surface area contributed by atoms with Crippen molar-refractivity contribution in [1.29, 1.82) is 0 Å². The Hall–Kier alpha value is -2.81. The maximum atomic E-state index is 14.5. The minimum absolute atomic E-state index is 0.118. The van der Waals surface area contributed by atoms with Gasteiger partial charge in [-0.2, -0.15) is 0 Å². The molecule has 0 saturated heterocycles. The van der Waals surface area contributed by atoms with Crippen LogP contribution in [0.2, 0.25) is 0 Å². The zero-order chi connectivity index (χ0) is 17.3. The van der Waals surface area contributed by atoms with Crippen LogP contribution < -0.4 is 10.6 Å². The van der Waals surface area contributed by atoms with Crippen molar-refractivity contribution in [3.8, 4) is 0 Å². The summed E-state index contributed by atoms with van der Waals surface area (Å²) in [4.78, 5) is 25.9. The van der Waals surface area contributed by atoms with Crippen molar-refractivity contribution in [1.82, 2.24) is 14.9 Å². The molecule has 9 heteroatoms. The molecular weight excluding hydrogens is 317 g/mol. The highest BCUT2D eigenvalue weighted by Crippen LogP contribution is 2.24. The molecule has 0 aliphatic carbocycles. The zero-order valence-electron chi connectivity index (χ0n) is 13.0. The van der Waals surface area contributed by atoms with E-state index >= 15 is 0 Å². The Kier molecular flexibility index (Phi) is 4.26. The smallest absolute Gasteiger partial charge is 0.358 e. The quantitative estimate of drug-likeness (QED) is 0.652. The number of fused-ring (bicyclic) bond motifs is 1. The molecule has 0 spiro atoms. The summed E-state index contributed by atoms with van der Waals surface area (Å²) in [6.07, 6.45) is 1.75. The van der Waals surface area contributed by atoms with Gasteiger partial charge in [0, 0.05) is 13.5 Å². The first-order chi connectivity index (χ1) is 11.5. The van der Waals surface area contributed by atoms with Gasteiger partial charge in [0.1, 0.15) is 18.6 Å². The van der Waals surface area contributed by atoms with Gasteiger partial charge in [-0.15, -0.1) is 0 Å². The fraction of sp³-hybridized carbons (Fsp3) is 0.333. The van der Waals surface area contributed by atoms with E-state index < -0.39 is 16.6 Å². The van der Waals surface area contributed by atoms with Gasteiger partial charge >= 0.3 is 5.82 Å². The molecule has 1 aliphatic rings. The van der Waals surface area contributed by atoms with E-state index in [0.29, 0.717) is 30.9 Å². The summed E-state index contributed by atoms with van der Waals surface area (Å²) in [7, 11) is 0. The van der Waals surface area contributed by atoms with Crippen LogP contribution in [0.25, 0.3) is 0 Å². The Labute approximate surface area is 136 Å². The number of amides is 1. The number of nitrogens with one attached hydrogen (secondary N) is 2. The molecule has 3 rings (SSSR count). The molecule has 0 radical (unpaired) electrons. The third-order valence-electron chi connectivity index (χ3n) is 3.95. The summed E-state index contributed by atoms with van der Waals surface area (Å²) >= 11 is 0. The van der Waals surface area contributed by atoms with E-state index in [1.165, 1.54) is 16.8 Å². The predicted octanol–water partition coefficient (Wildman–Crippen LogP) is 1.52. The SMILES string of the molecule is Cc1nc([N+](=O)[O-])cn1CC(=O)Nc1ccc2c(c1F)CCNC2. The maximum absolute atomic E-state index is 14.5. The third-order valence-corrected chi connectivity index (χ3v) is 3.95. The van der Waals surface area contributed by atoms with Crippen molar-refractivity contribution in [3.63, 3.8) is 0 Å².